The minimum atomic E-state index is 0.146. The molecule has 92 valence electrons. The zero-order valence-corrected chi connectivity index (χ0v) is 12.3. The van der Waals surface area contributed by atoms with Crippen molar-refractivity contribution in [1.82, 2.24) is 15.1 Å². The summed E-state index contributed by atoms with van der Waals surface area (Å²) in [5.74, 6) is 0. The van der Waals surface area contributed by atoms with Crippen molar-refractivity contribution in [3.63, 3.8) is 0 Å². The van der Waals surface area contributed by atoms with E-state index in [0.29, 0.717) is 0 Å². The molecule has 4 heteroatoms. The Balaban J connectivity index is 2.95. The second-order valence-corrected chi connectivity index (χ2v) is 5.66. The Hall–Kier alpha value is -0.350. The normalized spacial score (nSPS) is 12.1. The topological polar surface area (TPSA) is 29.9 Å². The van der Waals surface area contributed by atoms with Gasteiger partial charge in [-0.2, -0.15) is 5.10 Å². The highest BCUT2D eigenvalue weighted by Gasteiger charge is 2.26. The summed E-state index contributed by atoms with van der Waals surface area (Å²) >= 11 is 3.61. The molecule has 0 fully saturated rings. The molecule has 0 aliphatic rings. The minimum Gasteiger partial charge on any atom is -0.320 e. The van der Waals surface area contributed by atoms with Crippen LogP contribution in [0, 0.1) is 0 Å². The third-order valence-corrected chi connectivity index (χ3v) is 3.45. The van der Waals surface area contributed by atoms with Gasteiger partial charge in [0.1, 0.15) is 0 Å². The maximum absolute atomic E-state index is 4.43. The minimum absolute atomic E-state index is 0.146. The predicted molar refractivity (Wildman–Crippen MR) is 71.8 cm³/mol. The van der Waals surface area contributed by atoms with Crippen LogP contribution in [0.5, 0.6) is 0 Å². The molecule has 0 aromatic carbocycles. The number of nitrogens with zero attached hydrogens (tertiary/aromatic N) is 2. The summed E-state index contributed by atoms with van der Waals surface area (Å²) in [6.07, 6.45) is 4.13. The van der Waals surface area contributed by atoms with Crippen LogP contribution in [0.4, 0.5) is 0 Å². The largest absolute Gasteiger partial charge is 0.320 e. The summed E-state index contributed by atoms with van der Waals surface area (Å²) in [6, 6.07) is 0. The van der Waals surface area contributed by atoms with Crippen molar-refractivity contribution in [1.29, 1.82) is 0 Å². The monoisotopic (exact) mass is 287 g/mol. The highest BCUT2D eigenvalue weighted by molar-refractivity contribution is 9.10. The zero-order valence-electron chi connectivity index (χ0n) is 10.7. The summed E-state index contributed by atoms with van der Waals surface area (Å²) in [4.78, 5) is 0. The van der Waals surface area contributed by atoms with Gasteiger partial charge >= 0.3 is 0 Å². The average Bonchev–Trinajstić information content (AvgIpc) is 2.58. The first-order valence-corrected chi connectivity index (χ1v) is 6.68. The summed E-state index contributed by atoms with van der Waals surface area (Å²) in [5.41, 5.74) is 1.46. The molecule has 1 heterocycles. The predicted octanol–water partition coefficient (Wildman–Crippen LogP) is 2.94. The van der Waals surface area contributed by atoms with Crippen molar-refractivity contribution in [3.8, 4) is 0 Å². The molecule has 0 saturated carbocycles. The van der Waals surface area contributed by atoms with Gasteiger partial charge in [-0.3, -0.25) is 4.68 Å². The third-order valence-electron chi connectivity index (χ3n) is 2.87. The number of halogens is 1. The molecular formula is C12H22BrN3. The van der Waals surface area contributed by atoms with E-state index in [1.54, 1.807) is 0 Å². The van der Waals surface area contributed by atoms with E-state index in [-0.39, 0.29) is 5.41 Å². The van der Waals surface area contributed by atoms with Crippen LogP contribution in [0.3, 0.4) is 0 Å². The molecule has 0 atom stereocenters. The van der Waals surface area contributed by atoms with Gasteiger partial charge in [-0.05, 0) is 42.4 Å². The molecule has 3 nitrogen and oxygen atoms in total. The second kappa shape index (κ2) is 5.82. The average molecular weight is 288 g/mol. The summed E-state index contributed by atoms with van der Waals surface area (Å²) in [5, 5.41) is 7.64. The molecule has 16 heavy (non-hydrogen) atoms. The Bertz CT molecular complexity index is 331. The van der Waals surface area contributed by atoms with Gasteiger partial charge in [0.15, 0.2) is 0 Å². The van der Waals surface area contributed by atoms with E-state index >= 15 is 0 Å². The highest BCUT2D eigenvalue weighted by Crippen LogP contribution is 2.32. The zero-order chi connectivity index (χ0) is 12.2. The molecular weight excluding hydrogens is 266 g/mol. The van der Waals surface area contributed by atoms with Gasteiger partial charge in [-0.25, -0.2) is 0 Å². The van der Waals surface area contributed by atoms with Crippen molar-refractivity contribution >= 4 is 15.9 Å². The lowest BCUT2D eigenvalue weighted by atomic mass is 9.85. The van der Waals surface area contributed by atoms with Crippen molar-refractivity contribution in [2.45, 2.75) is 45.6 Å². The van der Waals surface area contributed by atoms with E-state index in [2.05, 4.69) is 51.8 Å². The smallest absolute Gasteiger partial charge is 0.0635 e. The lowest BCUT2D eigenvalue weighted by molar-refractivity contribution is 0.414. The van der Waals surface area contributed by atoms with Gasteiger partial charge in [0.25, 0.3) is 0 Å². The van der Waals surface area contributed by atoms with Crippen LogP contribution in [0.2, 0.25) is 0 Å². The quantitative estimate of drug-likeness (QED) is 0.872. The molecule has 0 aliphatic heterocycles. The second-order valence-electron chi connectivity index (χ2n) is 4.80. The summed E-state index contributed by atoms with van der Waals surface area (Å²) < 4.78 is 3.25. The van der Waals surface area contributed by atoms with Gasteiger partial charge < -0.3 is 5.32 Å². The first kappa shape index (κ1) is 13.7. The number of rotatable bonds is 6. The van der Waals surface area contributed by atoms with Crippen molar-refractivity contribution in [2.75, 3.05) is 13.6 Å². The van der Waals surface area contributed by atoms with Gasteiger partial charge in [-0.15, -0.1) is 0 Å². The molecule has 0 unspecified atom stereocenters. The van der Waals surface area contributed by atoms with Crippen LogP contribution < -0.4 is 5.32 Å². The van der Waals surface area contributed by atoms with Crippen LogP contribution in [0.1, 0.15) is 39.3 Å². The molecule has 0 radical (unpaired) electrons. The molecule has 0 spiro atoms. The fraction of sp³-hybridized carbons (Fsp3) is 0.750. The van der Waals surface area contributed by atoms with Crippen LogP contribution in [-0.2, 0) is 12.0 Å². The Morgan fingerprint density at radius 2 is 2.19 bits per heavy atom. The lowest BCUT2D eigenvalue weighted by Crippen LogP contribution is -2.27. The highest BCUT2D eigenvalue weighted by atomic mass is 79.9. The maximum atomic E-state index is 4.43. The fourth-order valence-corrected chi connectivity index (χ4v) is 2.81. The maximum Gasteiger partial charge on any atom is 0.0635 e. The summed E-state index contributed by atoms with van der Waals surface area (Å²) in [7, 11) is 1.99. The molecule has 0 saturated heterocycles. The molecule has 1 aromatic heterocycles. The van der Waals surface area contributed by atoms with Crippen LogP contribution in [0.15, 0.2) is 10.7 Å². The molecule has 0 bridgehead atoms. The molecule has 1 N–H and O–H groups in total. The lowest BCUT2D eigenvalue weighted by Gasteiger charge is -2.26. The van der Waals surface area contributed by atoms with Crippen molar-refractivity contribution in [2.24, 2.45) is 0 Å². The van der Waals surface area contributed by atoms with Gasteiger partial charge in [-0.1, -0.05) is 20.8 Å². The third kappa shape index (κ3) is 3.08. The summed E-state index contributed by atoms with van der Waals surface area (Å²) in [6.45, 7) is 8.75. The Kier molecular flexibility index (Phi) is 4.99. The number of hydrogen-bond donors (Lipinski definition) is 1. The molecule has 1 aromatic rings. The molecule has 0 aliphatic carbocycles. The van der Waals surface area contributed by atoms with Gasteiger partial charge in [0.2, 0.25) is 0 Å². The standard InChI is InChI=1S/C12H22BrN3/c1-5-8-16-11(10(13)9-15-16)12(2,3)6-7-14-4/h9,14H,5-8H2,1-4H3. The number of hydrogen-bond acceptors (Lipinski definition) is 2. The first-order chi connectivity index (χ1) is 7.53. The van der Waals surface area contributed by atoms with E-state index in [9.17, 15) is 0 Å². The SMILES string of the molecule is CCCn1ncc(Br)c1C(C)(C)CCNC. The van der Waals surface area contributed by atoms with E-state index in [1.165, 1.54) is 5.69 Å². The number of aryl methyl sites for hydroxylation is 1. The Morgan fingerprint density at radius 1 is 1.50 bits per heavy atom. The number of aromatic nitrogens is 2. The Morgan fingerprint density at radius 3 is 2.75 bits per heavy atom. The van der Waals surface area contributed by atoms with Crippen LogP contribution in [0.25, 0.3) is 0 Å². The van der Waals surface area contributed by atoms with E-state index < -0.39 is 0 Å². The molecule has 0 amide bonds. The van der Waals surface area contributed by atoms with Crippen LogP contribution >= 0.6 is 15.9 Å². The first-order valence-electron chi connectivity index (χ1n) is 5.89. The van der Waals surface area contributed by atoms with E-state index in [4.69, 9.17) is 0 Å². The van der Waals surface area contributed by atoms with E-state index in [0.717, 1.165) is 30.4 Å². The van der Waals surface area contributed by atoms with Crippen molar-refractivity contribution in [3.05, 3.63) is 16.4 Å². The van der Waals surface area contributed by atoms with Gasteiger partial charge in [0, 0.05) is 12.0 Å². The number of nitrogens with one attached hydrogen (secondary N) is 1. The van der Waals surface area contributed by atoms with Crippen LogP contribution in [-0.4, -0.2) is 23.4 Å². The van der Waals surface area contributed by atoms with E-state index in [1.807, 2.05) is 13.2 Å². The Labute approximate surface area is 107 Å². The van der Waals surface area contributed by atoms with Crippen molar-refractivity contribution < 1.29 is 0 Å². The fourth-order valence-electron chi connectivity index (χ4n) is 1.97. The molecule has 1 rings (SSSR count). The van der Waals surface area contributed by atoms with Gasteiger partial charge in [0.05, 0.1) is 16.4 Å².